The van der Waals surface area contributed by atoms with Crippen LogP contribution < -0.4 is 9.64 Å². The molecular weight excluding hydrogens is 440 g/mol. The van der Waals surface area contributed by atoms with Crippen LogP contribution in [0.5, 0.6) is 5.75 Å². The van der Waals surface area contributed by atoms with Crippen molar-refractivity contribution in [1.29, 1.82) is 0 Å². The van der Waals surface area contributed by atoms with Crippen LogP contribution in [-0.2, 0) is 22.4 Å². The first kappa shape index (κ1) is 24.5. The molecule has 1 amide bonds. The van der Waals surface area contributed by atoms with Gasteiger partial charge in [0, 0.05) is 25.0 Å². The third kappa shape index (κ3) is 6.08. The number of hydrogen-bond acceptors (Lipinski definition) is 5. The Morgan fingerprint density at radius 3 is 2.20 bits per heavy atom. The first-order chi connectivity index (χ1) is 16.9. The molecular formula is C29H32N2O4. The van der Waals surface area contributed by atoms with Crippen molar-refractivity contribution in [2.24, 2.45) is 5.92 Å². The molecule has 1 N–H and O–H groups in total. The van der Waals surface area contributed by atoms with E-state index in [2.05, 4.69) is 6.07 Å². The fraction of sp³-hybridized carbons (Fsp3) is 0.310. The van der Waals surface area contributed by atoms with Crippen LogP contribution in [0, 0.1) is 5.92 Å². The van der Waals surface area contributed by atoms with Gasteiger partial charge in [-0.2, -0.15) is 0 Å². The van der Waals surface area contributed by atoms with E-state index in [1.54, 1.807) is 6.07 Å². The smallest absolute Gasteiger partial charge is 0.340 e. The Labute approximate surface area is 206 Å². The van der Waals surface area contributed by atoms with E-state index in [9.17, 15) is 14.7 Å². The molecule has 2 unspecified atom stereocenters. The number of aliphatic hydroxyl groups excluding tert-OH is 1. The zero-order valence-electron chi connectivity index (χ0n) is 20.3. The molecule has 35 heavy (non-hydrogen) atoms. The van der Waals surface area contributed by atoms with Gasteiger partial charge in [-0.05, 0) is 73.6 Å². The molecule has 4 rings (SSSR count). The molecule has 0 heterocycles. The second-order valence-corrected chi connectivity index (χ2v) is 9.13. The van der Waals surface area contributed by atoms with Gasteiger partial charge in [0.25, 0.3) is 0 Å². The highest BCUT2D eigenvalue weighted by Crippen LogP contribution is 2.33. The third-order valence-corrected chi connectivity index (χ3v) is 6.48. The predicted octanol–water partition coefficient (Wildman–Crippen LogP) is 4.37. The number of fused-ring (bicyclic) bond motifs is 1. The molecule has 3 aromatic carbocycles. The predicted molar refractivity (Wildman–Crippen MR) is 137 cm³/mol. The Hall–Kier alpha value is -3.64. The van der Waals surface area contributed by atoms with Crippen LogP contribution in [0.3, 0.4) is 0 Å². The van der Waals surface area contributed by atoms with E-state index >= 15 is 0 Å². The van der Waals surface area contributed by atoms with Gasteiger partial charge in [-0.25, -0.2) is 4.79 Å². The molecule has 0 saturated carbocycles. The molecule has 0 aliphatic heterocycles. The number of rotatable bonds is 8. The first-order valence-electron chi connectivity index (χ1n) is 12.0. The second-order valence-electron chi connectivity index (χ2n) is 9.13. The van der Waals surface area contributed by atoms with Gasteiger partial charge in [0.1, 0.15) is 18.4 Å². The van der Waals surface area contributed by atoms with Crippen LogP contribution in [0.4, 0.5) is 11.4 Å². The summed E-state index contributed by atoms with van der Waals surface area (Å²) in [7, 11) is 1.87. The molecule has 0 spiro atoms. The minimum atomic E-state index is -1.16. The Bertz CT molecular complexity index is 1110. The van der Waals surface area contributed by atoms with Crippen LogP contribution in [0.2, 0.25) is 0 Å². The van der Waals surface area contributed by atoms with Crippen molar-refractivity contribution in [2.45, 2.75) is 32.3 Å². The third-order valence-electron chi connectivity index (χ3n) is 6.48. The Balaban J connectivity index is 1.41. The molecule has 2 atom stereocenters. The van der Waals surface area contributed by atoms with Crippen LogP contribution in [0.25, 0.3) is 0 Å². The van der Waals surface area contributed by atoms with E-state index in [0.717, 1.165) is 41.8 Å². The van der Waals surface area contributed by atoms with Crippen molar-refractivity contribution < 1.29 is 19.4 Å². The number of hydrogen-bond donors (Lipinski definition) is 1. The number of carbonyl (C=O) groups excluding carboxylic acids is 2. The Kier molecular flexibility index (Phi) is 7.83. The zero-order valence-corrected chi connectivity index (χ0v) is 20.3. The van der Waals surface area contributed by atoms with Crippen LogP contribution in [-0.4, -0.2) is 48.1 Å². The lowest BCUT2D eigenvalue weighted by Gasteiger charge is -2.31. The van der Waals surface area contributed by atoms with Gasteiger partial charge in [-0.15, -0.1) is 0 Å². The summed E-state index contributed by atoms with van der Waals surface area (Å²) >= 11 is 0. The fourth-order valence-corrected chi connectivity index (χ4v) is 4.59. The van der Waals surface area contributed by atoms with Crippen molar-refractivity contribution in [3.05, 3.63) is 90.0 Å². The van der Waals surface area contributed by atoms with Gasteiger partial charge in [-0.3, -0.25) is 4.79 Å². The summed E-state index contributed by atoms with van der Waals surface area (Å²) < 4.78 is 5.40. The highest BCUT2D eigenvalue weighted by molar-refractivity contribution is 5.84. The number of para-hydroxylation sites is 2. The van der Waals surface area contributed by atoms with E-state index < -0.39 is 12.1 Å². The monoisotopic (exact) mass is 472 g/mol. The van der Waals surface area contributed by atoms with Gasteiger partial charge in [0.2, 0.25) is 5.91 Å². The maximum atomic E-state index is 13.3. The summed E-state index contributed by atoms with van der Waals surface area (Å²) in [6, 6.07) is 25.6. The van der Waals surface area contributed by atoms with Crippen molar-refractivity contribution in [3.63, 3.8) is 0 Å². The van der Waals surface area contributed by atoms with E-state index in [1.807, 2.05) is 83.6 Å². The molecule has 0 aromatic heterocycles. The average molecular weight is 473 g/mol. The zero-order chi connectivity index (χ0) is 24.8. The van der Waals surface area contributed by atoms with Crippen LogP contribution >= 0.6 is 0 Å². The Morgan fingerprint density at radius 2 is 1.60 bits per heavy atom. The number of carbonyl (C=O) groups is 2. The van der Waals surface area contributed by atoms with E-state index in [0.29, 0.717) is 18.2 Å². The number of ether oxygens (including phenoxy) is 1. The summed E-state index contributed by atoms with van der Waals surface area (Å²) in [5.41, 5.74) is 4.11. The highest BCUT2D eigenvalue weighted by Gasteiger charge is 2.26. The van der Waals surface area contributed by atoms with Gasteiger partial charge < -0.3 is 19.6 Å². The molecule has 182 valence electrons. The molecule has 0 saturated heterocycles. The summed E-state index contributed by atoms with van der Waals surface area (Å²) in [4.78, 5) is 29.0. The minimum absolute atomic E-state index is 0.0584. The van der Waals surface area contributed by atoms with Crippen molar-refractivity contribution in [1.82, 2.24) is 4.90 Å². The number of aliphatic hydroxyl groups is 1. The summed E-state index contributed by atoms with van der Waals surface area (Å²) in [5, 5.41) is 9.47. The van der Waals surface area contributed by atoms with E-state index in [4.69, 9.17) is 4.74 Å². The number of esters is 1. The largest absolute Gasteiger partial charge is 0.424 e. The number of likely N-dealkylation sites (N-methyl/N-ethyl adjacent to an activating group) is 1. The quantitative estimate of drug-likeness (QED) is 0.389. The number of anilines is 2. The summed E-state index contributed by atoms with van der Waals surface area (Å²) in [6.45, 7) is 2.32. The van der Waals surface area contributed by atoms with Crippen molar-refractivity contribution >= 4 is 23.3 Å². The lowest BCUT2D eigenvalue weighted by molar-refractivity contribution is -0.142. The maximum Gasteiger partial charge on any atom is 0.340 e. The van der Waals surface area contributed by atoms with Crippen molar-refractivity contribution in [3.8, 4) is 5.75 Å². The molecule has 1 aliphatic carbocycles. The summed E-state index contributed by atoms with van der Waals surface area (Å²) in [5.74, 6) is 0.258. The van der Waals surface area contributed by atoms with Crippen LogP contribution in [0.1, 0.15) is 24.5 Å². The van der Waals surface area contributed by atoms with E-state index in [1.165, 1.54) is 6.92 Å². The molecule has 3 aromatic rings. The maximum absolute atomic E-state index is 13.3. The lowest BCUT2D eigenvalue weighted by atomic mass is 9.83. The lowest BCUT2D eigenvalue weighted by Crippen LogP contribution is -2.40. The molecule has 6 heteroatoms. The minimum Gasteiger partial charge on any atom is -0.424 e. The second kappa shape index (κ2) is 11.2. The molecule has 0 fully saturated rings. The highest BCUT2D eigenvalue weighted by atomic mass is 16.5. The fourth-order valence-electron chi connectivity index (χ4n) is 4.59. The Morgan fingerprint density at radius 1 is 0.971 bits per heavy atom. The summed E-state index contributed by atoms with van der Waals surface area (Å²) in [6.07, 6.45) is 1.32. The standard InChI is InChI=1S/C29H32N2O4/c1-21(32)29(34)35-27-15-9-10-23-18-22(16-17-26(23)27)19-30(2)28(33)20-31(24-11-5-3-6-12-24)25-13-7-4-8-14-25/h3-15,21-22,32H,16-20H2,1-2H3. The van der Waals surface area contributed by atoms with Gasteiger partial charge in [0.05, 0.1) is 0 Å². The van der Waals surface area contributed by atoms with E-state index in [-0.39, 0.29) is 12.5 Å². The molecule has 6 nitrogen and oxygen atoms in total. The first-order valence-corrected chi connectivity index (χ1v) is 12.0. The normalized spacial score (nSPS) is 15.6. The van der Waals surface area contributed by atoms with Crippen LogP contribution in [0.15, 0.2) is 78.9 Å². The molecule has 0 radical (unpaired) electrons. The van der Waals surface area contributed by atoms with Gasteiger partial charge in [-0.1, -0.05) is 48.5 Å². The molecule has 1 aliphatic rings. The topological polar surface area (TPSA) is 70.1 Å². The average Bonchev–Trinajstić information content (AvgIpc) is 2.88. The number of benzene rings is 3. The van der Waals surface area contributed by atoms with Gasteiger partial charge in [0.15, 0.2) is 0 Å². The van der Waals surface area contributed by atoms with Crippen molar-refractivity contribution in [2.75, 3.05) is 25.0 Å². The number of amides is 1. The number of nitrogens with zero attached hydrogens (tertiary/aromatic N) is 2. The van der Waals surface area contributed by atoms with Gasteiger partial charge >= 0.3 is 5.97 Å². The molecule has 0 bridgehead atoms. The SMILES string of the molecule is CC(O)C(=O)Oc1cccc2c1CCC(CN(C)C(=O)CN(c1ccccc1)c1ccccc1)C2.